The van der Waals surface area contributed by atoms with Gasteiger partial charge in [0.15, 0.2) is 11.4 Å². The Labute approximate surface area is 121 Å². The maximum atomic E-state index is 12.2. The lowest BCUT2D eigenvalue weighted by Crippen LogP contribution is -2.12. The van der Waals surface area contributed by atoms with Crippen molar-refractivity contribution < 1.29 is 13.2 Å². The van der Waals surface area contributed by atoms with Crippen LogP contribution in [0.15, 0.2) is 28.1 Å². The van der Waals surface area contributed by atoms with Gasteiger partial charge in [-0.3, -0.25) is 5.32 Å². The van der Waals surface area contributed by atoms with Gasteiger partial charge >= 0.3 is 5.51 Å². The Balaban J connectivity index is 2.97. The number of nitriles is 1. The van der Waals surface area contributed by atoms with Gasteiger partial charge in [0.25, 0.3) is 0 Å². The molecule has 0 atom stereocenters. The van der Waals surface area contributed by atoms with Gasteiger partial charge in [0.2, 0.25) is 0 Å². The molecule has 0 aliphatic rings. The van der Waals surface area contributed by atoms with Gasteiger partial charge in [-0.2, -0.15) is 18.4 Å². The summed E-state index contributed by atoms with van der Waals surface area (Å²) in [4.78, 5) is 3.95. The largest absolute Gasteiger partial charge is 0.446 e. The lowest BCUT2D eigenvalue weighted by Gasteiger charge is -2.08. The molecule has 0 saturated heterocycles. The second-order valence-electron chi connectivity index (χ2n) is 3.02. The molecule has 0 heterocycles. The molecule has 0 bridgehead atoms. The molecule has 0 aliphatic heterocycles. The van der Waals surface area contributed by atoms with Crippen molar-refractivity contribution in [3.05, 3.63) is 23.2 Å². The maximum Gasteiger partial charge on any atom is 0.446 e. The molecule has 0 saturated carbocycles. The van der Waals surface area contributed by atoms with Gasteiger partial charge in [0.1, 0.15) is 0 Å². The van der Waals surface area contributed by atoms with Gasteiger partial charge < -0.3 is 0 Å². The summed E-state index contributed by atoms with van der Waals surface area (Å²) in [7, 11) is 0. The summed E-state index contributed by atoms with van der Waals surface area (Å²) < 4.78 is 36.6. The number of halogens is 4. The Bertz CT molecular complexity index is 526. The molecule has 102 valence electrons. The zero-order valence-corrected chi connectivity index (χ0v) is 11.8. The molecule has 0 aliphatic carbocycles. The molecule has 9 heteroatoms. The minimum Gasteiger partial charge on any atom is -0.271 e. The van der Waals surface area contributed by atoms with Crippen molar-refractivity contribution in [1.82, 2.24) is 5.32 Å². The summed E-state index contributed by atoms with van der Waals surface area (Å²) in [6.07, 6.45) is 3.42. The number of thioether (sulfide) groups is 2. The van der Waals surface area contributed by atoms with Crippen molar-refractivity contribution in [2.45, 2.75) is 10.4 Å². The summed E-state index contributed by atoms with van der Waals surface area (Å²) in [5, 5.41) is 11.1. The number of hydrogen-bond acceptors (Lipinski definition) is 4. The predicted octanol–water partition coefficient (Wildman–Crippen LogP) is 4.37. The SMILES string of the molecule is CSC(=Nc1ccc(SC(F)(F)F)c(Cl)c1)NC#N. The standard InChI is InChI=1S/C10H7ClF3N3S2/c1-18-9(16-5-15)17-6-2-3-8(7(11)4-6)19-10(12,13)14/h2-4H,1H3,(H,16,17). The van der Waals surface area contributed by atoms with Gasteiger partial charge in [-0.15, -0.1) is 0 Å². The van der Waals surface area contributed by atoms with E-state index in [1.807, 2.05) is 0 Å². The summed E-state index contributed by atoms with van der Waals surface area (Å²) in [5.41, 5.74) is -4.02. The lowest BCUT2D eigenvalue weighted by molar-refractivity contribution is -0.0328. The first-order chi connectivity index (χ1) is 8.85. The van der Waals surface area contributed by atoms with Gasteiger partial charge in [0, 0.05) is 4.90 Å². The fraction of sp³-hybridized carbons (Fsp3) is 0.200. The van der Waals surface area contributed by atoms with Gasteiger partial charge in [-0.1, -0.05) is 23.4 Å². The van der Waals surface area contributed by atoms with Crippen LogP contribution < -0.4 is 5.32 Å². The van der Waals surface area contributed by atoms with Crippen molar-refractivity contribution in [2.75, 3.05) is 6.26 Å². The highest BCUT2D eigenvalue weighted by molar-refractivity contribution is 8.13. The smallest absolute Gasteiger partial charge is 0.271 e. The van der Waals surface area contributed by atoms with Gasteiger partial charge in [-0.25, -0.2) is 4.99 Å². The first-order valence-electron chi connectivity index (χ1n) is 4.69. The van der Waals surface area contributed by atoms with E-state index in [1.54, 1.807) is 12.4 Å². The van der Waals surface area contributed by atoms with Crippen LogP contribution in [-0.4, -0.2) is 16.9 Å². The molecule has 0 radical (unpaired) electrons. The molecule has 0 spiro atoms. The Morgan fingerprint density at radius 2 is 2.16 bits per heavy atom. The Hall–Kier alpha value is -1.04. The summed E-state index contributed by atoms with van der Waals surface area (Å²) in [6, 6.07) is 3.95. The fourth-order valence-corrected chi connectivity index (χ4v) is 2.23. The lowest BCUT2D eigenvalue weighted by atomic mass is 10.3. The van der Waals surface area contributed by atoms with Crippen molar-refractivity contribution in [2.24, 2.45) is 4.99 Å². The normalized spacial score (nSPS) is 12.1. The highest BCUT2D eigenvalue weighted by Gasteiger charge is 2.30. The van der Waals surface area contributed by atoms with E-state index in [0.29, 0.717) is 10.9 Å². The number of rotatable bonds is 2. The van der Waals surface area contributed by atoms with Crippen LogP contribution in [0.5, 0.6) is 0 Å². The average Bonchev–Trinajstić information content (AvgIpc) is 2.30. The van der Waals surface area contributed by atoms with E-state index in [-0.39, 0.29) is 21.7 Å². The molecule has 0 unspecified atom stereocenters. The zero-order chi connectivity index (χ0) is 14.5. The average molecular weight is 326 g/mol. The molecule has 0 aromatic heterocycles. The third kappa shape index (κ3) is 5.63. The van der Waals surface area contributed by atoms with Crippen LogP contribution in [0.2, 0.25) is 5.02 Å². The first kappa shape index (κ1) is 16.0. The summed E-state index contributed by atoms with van der Waals surface area (Å²) in [6.45, 7) is 0. The van der Waals surface area contributed by atoms with Crippen molar-refractivity contribution in [3.8, 4) is 6.19 Å². The Morgan fingerprint density at radius 3 is 2.63 bits per heavy atom. The molecule has 19 heavy (non-hydrogen) atoms. The molecule has 1 N–H and O–H groups in total. The molecular formula is C10H7ClF3N3S2. The second-order valence-corrected chi connectivity index (χ2v) is 5.33. The molecule has 1 aromatic rings. The molecular weight excluding hydrogens is 319 g/mol. The van der Waals surface area contributed by atoms with E-state index in [9.17, 15) is 13.2 Å². The number of hydrogen-bond donors (Lipinski definition) is 1. The fourth-order valence-electron chi connectivity index (χ4n) is 1.06. The third-order valence-electron chi connectivity index (χ3n) is 1.73. The highest BCUT2D eigenvalue weighted by Crippen LogP contribution is 2.41. The number of alkyl halides is 3. The minimum absolute atomic E-state index is 0.0408. The van der Waals surface area contributed by atoms with E-state index in [2.05, 4.69) is 10.3 Å². The van der Waals surface area contributed by atoms with Crippen LogP contribution in [0.4, 0.5) is 18.9 Å². The molecule has 0 fully saturated rings. The molecule has 3 nitrogen and oxygen atoms in total. The number of aliphatic imine (C=N–C) groups is 1. The van der Waals surface area contributed by atoms with Crippen LogP contribution in [0.25, 0.3) is 0 Å². The van der Waals surface area contributed by atoms with Crippen LogP contribution in [0.1, 0.15) is 0 Å². The number of amidine groups is 1. The first-order valence-corrected chi connectivity index (χ1v) is 7.10. The number of nitrogens with zero attached hydrogens (tertiary/aromatic N) is 2. The van der Waals surface area contributed by atoms with Gasteiger partial charge in [0.05, 0.1) is 10.7 Å². The van der Waals surface area contributed by atoms with E-state index >= 15 is 0 Å². The van der Waals surface area contributed by atoms with Gasteiger partial charge in [-0.05, 0) is 36.2 Å². The zero-order valence-electron chi connectivity index (χ0n) is 9.45. The predicted molar refractivity (Wildman–Crippen MR) is 72.7 cm³/mol. The molecule has 1 aromatic carbocycles. The monoisotopic (exact) mass is 325 g/mol. The van der Waals surface area contributed by atoms with Crippen LogP contribution in [0.3, 0.4) is 0 Å². The highest BCUT2D eigenvalue weighted by atomic mass is 35.5. The van der Waals surface area contributed by atoms with E-state index in [4.69, 9.17) is 16.9 Å². The third-order valence-corrected chi connectivity index (χ3v) is 3.54. The summed E-state index contributed by atoms with van der Waals surface area (Å²) in [5.74, 6) is 0. The minimum atomic E-state index is -4.39. The van der Waals surface area contributed by atoms with Crippen LogP contribution in [-0.2, 0) is 0 Å². The van der Waals surface area contributed by atoms with E-state index in [1.165, 1.54) is 30.0 Å². The van der Waals surface area contributed by atoms with Crippen molar-refractivity contribution in [3.63, 3.8) is 0 Å². The van der Waals surface area contributed by atoms with E-state index < -0.39 is 5.51 Å². The van der Waals surface area contributed by atoms with Crippen molar-refractivity contribution in [1.29, 1.82) is 5.26 Å². The number of benzene rings is 1. The quantitative estimate of drug-likeness (QED) is 0.288. The van der Waals surface area contributed by atoms with E-state index in [0.717, 1.165) is 0 Å². The molecule has 0 amide bonds. The maximum absolute atomic E-state index is 12.2. The van der Waals surface area contributed by atoms with Crippen molar-refractivity contribution >= 4 is 46.0 Å². The summed E-state index contributed by atoms with van der Waals surface area (Å²) >= 11 is 6.67. The van der Waals surface area contributed by atoms with Crippen LogP contribution in [0, 0.1) is 11.5 Å². The van der Waals surface area contributed by atoms with Crippen LogP contribution >= 0.6 is 35.1 Å². The Morgan fingerprint density at radius 1 is 1.47 bits per heavy atom. The Kier molecular flexibility index (Phi) is 5.85. The molecule has 1 rings (SSSR count). The number of nitrogens with one attached hydrogen (secondary N) is 1. The second kappa shape index (κ2) is 6.93. The topological polar surface area (TPSA) is 48.2 Å².